The van der Waals surface area contributed by atoms with Crippen molar-refractivity contribution in [1.29, 1.82) is 5.26 Å². The Balaban J connectivity index is 1.87. The van der Waals surface area contributed by atoms with Crippen molar-refractivity contribution >= 4 is 18.1 Å². The number of methoxy groups -OCH3 is 2. The van der Waals surface area contributed by atoms with Crippen LogP contribution < -0.4 is 15.7 Å². The molecule has 1 N–H and O–H groups in total. The van der Waals surface area contributed by atoms with Crippen LogP contribution in [-0.4, -0.2) is 42.1 Å². The van der Waals surface area contributed by atoms with E-state index in [0.29, 0.717) is 22.6 Å². The maximum atomic E-state index is 12.7. The number of benzene rings is 2. The number of hydrazone groups is 1. The van der Waals surface area contributed by atoms with Crippen molar-refractivity contribution < 1.29 is 19.1 Å². The fraction of sp³-hybridized carbons (Fsp3) is 0.130. The Labute approximate surface area is 188 Å². The minimum Gasteiger partial charge on any atom is -0.497 e. The number of hydrogen-bond acceptors (Lipinski definition) is 8. The molecule has 1 aromatic heterocycles. The zero-order valence-corrected chi connectivity index (χ0v) is 18.0. The maximum absolute atomic E-state index is 12.7. The third-order valence-corrected chi connectivity index (χ3v) is 4.69. The summed E-state index contributed by atoms with van der Waals surface area (Å²) >= 11 is 0. The first-order valence-corrected chi connectivity index (χ1v) is 9.59. The van der Waals surface area contributed by atoms with E-state index in [4.69, 9.17) is 4.74 Å². The van der Waals surface area contributed by atoms with Gasteiger partial charge in [0.1, 0.15) is 17.4 Å². The Bertz CT molecular complexity index is 1320. The molecule has 166 valence electrons. The van der Waals surface area contributed by atoms with Gasteiger partial charge < -0.3 is 9.47 Å². The monoisotopic (exact) mass is 445 g/mol. The van der Waals surface area contributed by atoms with Crippen molar-refractivity contribution in [3.63, 3.8) is 0 Å². The van der Waals surface area contributed by atoms with E-state index in [-0.39, 0.29) is 16.8 Å². The minimum absolute atomic E-state index is 0.125. The van der Waals surface area contributed by atoms with Gasteiger partial charge in [0.2, 0.25) is 0 Å². The van der Waals surface area contributed by atoms with Gasteiger partial charge in [0.05, 0.1) is 31.7 Å². The second-order valence-electron chi connectivity index (χ2n) is 6.69. The lowest BCUT2D eigenvalue weighted by atomic mass is 10.1. The smallest absolute Gasteiger partial charge is 0.337 e. The van der Waals surface area contributed by atoms with Crippen molar-refractivity contribution in [3.05, 3.63) is 86.8 Å². The molecule has 0 atom stereocenters. The summed E-state index contributed by atoms with van der Waals surface area (Å²) in [5, 5.41) is 17.5. The highest BCUT2D eigenvalue weighted by molar-refractivity contribution is 5.95. The molecule has 0 bridgehead atoms. The highest BCUT2D eigenvalue weighted by Crippen LogP contribution is 2.15. The van der Waals surface area contributed by atoms with Crippen LogP contribution in [0.4, 0.5) is 0 Å². The van der Waals surface area contributed by atoms with Crippen LogP contribution in [0.5, 0.6) is 5.75 Å². The average molecular weight is 445 g/mol. The van der Waals surface area contributed by atoms with E-state index in [2.05, 4.69) is 20.4 Å². The van der Waals surface area contributed by atoms with Crippen LogP contribution >= 0.6 is 0 Å². The van der Waals surface area contributed by atoms with Crippen LogP contribution in [0, 0.1) is 18.3 Å². The van der Waals surface area contributed by atoms with E-state index in [0.717, 1.165) is 4.68 Å². The zero-order valence-electron chi connectivity index (χ0n) is 18.0. The first-order chi connectivity index (χ1) is 15.9. The van der Waals surface area contributed by atoms with E-state index < -0.39 is 17.4 Å². The van der Waals surface area contributed by atoms with E-state index in [1.807, 2.05) is 6.07 Å². The molecule has 3 aromatic rings. The molecule has 0 radical (unpaired) electrons. The lowest BCUT2D eigenvalue weighted by Gasteiger charge is -2.11. The number of carbonyl (C=O) groups is 2. The summed E-state index contributed by atoms with van der Waals surface area (Å²) in [6.45, 7) is 1.47. The predicted octanol–water partition coefficient (Wildman–Crippen LogP) is 1.97. The molecule has 0 saturated carbocycles. The molecule has 0 aliphatic rings. The summed E-state index contributed by atoms with van der Waals surface area (Å²) in [6.07, 6.45) is 1.37. The summed E-state index contributed by atoms with van der Waals surface area (Å²) in [4.78, 5) is 36.9. The Morgan fingerprint density at radius 1 is 1.12 bits per heavy atom. The normalized spacial score (nSPS) is 10.5. The lowest BCUT2D eigenvalue weighted by Crippen LogP contribution is -2.31. The lowest BCUT2D eigenvalue weighted by molar-refractivity contribution is 0.0600. The molecule has 1 amide bonds. The topological polar surface area (TPSA) is 136 Å². The van der Waals surface area contributed by atoms with Gasteiger partial charge in [-0.2, -0.15) is 20.1 Å². The molecule has 33 heavy (non-hydrogen) atoms. The number of carbonyl (C=O) groups excluding carboxylic acids is 2. The molecule has 2 aromatic carbocycles. The van der Waals surface area contributed by atoms with Crippen molar-refractivity contribution in [3.8, 4) is 17.5 Å². The Morgan fingerprint density at radius 3 is 2.36 bits per heavy atom. The molecule has 0 aliphatic heterocycles. The standard InChI is InChI=1S/C23H19N5O5/c1-14-19(12-24)22(30)28(17-8-10-18(32-2)11-9-17)27-20(14)21(29)26-25-13-15-4-6-16(7-5-15)23(31)33-3/h4-11,13H,1-3H3,(H,26,29)/b25-13+. The van der Waals surface area contributed by atoms with Gasteiger partial charge in [-0.3, -0.25) is 9.59 Å². The van der Waals surface area contributed by atoms with Crippen molar-refractivity contribution in [2.75, 3.05) is 14.2 Å². The third-order valence-electron chi connectivity index (χ3n) is 4.69. The first kappa shape index (κ1) is 22.9. The van der Waals surface area contributed by atoms with Crippen LogP contribution in [-0.2, 0) is 4.74 Å². The SMILES string of the molecule is COC(=O)c1ccc(/C=N/NC(=O)c2nn(-c3ccc(OC)cc3)c(=O)c(C#N)c2C)cc1. The Morgan fingerprint density at radius 2 is 1.79 bits per heavy atom. The fourth-order valence-electron chi connectivity index (χ4n) is 2.89. The quantitative estimate of drug-likeness (QED) is 0.348. The van der Waals surface area contributed by atoms with Gasteiger partial charge in [-0.1, -0.05) is 12.1 Å². The highest BCUT2D eigenvalue weighted by Gasteiger charge is 2.20. The molecule has 0 aliphatic carbocycles. The Kier molecular flexibility index (Phi) is 6.95. The highest BCUT2D eigenvalue weighted by atomic mass is 16.5. The van der Waals surface area contributed by atoms with Gasteiger partial charge in [-0.05, 0) is 48.9 Å². The van der Waals surface area contributed by atoms with Crippen LogP contribution in [0.25, 0.3) is 5.69 Å². The van der Waals surface area contributed by atoms with Gasteiger partial charge in [0.25, 0.3) is 11.5 Å². The van der Waals surface area contributed by atoms with Gasteiger partial charge in [0, 0.05) is 5.56 Å². The molecule has 0 fully saturated rings. The molecule has 10 heteroatoms. The minimum atomic E-state index is -0.700. The number of ether oxygens (including phenoxy) is 2. The second kappa shape index (κ2) is 10.0. The summed E-state index contributed by atoms with van der Waals surface area (Å²) in [5.74, 6) is -0.589. The van der Waals surface area contributed by atoms with Crippen LogP contribution in [0.2, 0.25) is 0 Å². The molecule has 0 unspecified atom stereocenters. The van der Waals surface area contributed by atoms with E-state index >= 15 is 0 Å². The van der Waals surface area contributed by atoms with E-state index in [1.54, 1.807) is 48.5 Å². The van der Waals surface area contributed by atoms with Crippen molar-refractivity contribution in [2.24, 2.45) is 5.10 Å². The number of hydrogen-bond donors (Lipinski definition) is 1. The van der Waals surface area contributed by atoms with E-state index in [9.17, 15) is 19.6 Å². The van der Waals surface area contributed by atoms with E-state index in [1.165, 1.54) is 27.4 Å². The number of nitrogens with zero attached hydrogens (tertiary/aromatic N) is 4. The number of aromatic nitrogens is 2. The van der Waals surface area contributed by atoms with Crippen LogP contribution in [0.3, 0.4) is 0 Å². The van der Waals surface area contributed by atoms with Gasteiger partial charge in [0.15, 0.2) is 5.69 Å². The largest absolute Gasteiger partial charge is 0.497 e. The van der Waals surface area contributed by atoms with Gasteiger partial charge >= 0.3 is 5.97 Å². The Hall–Kier alpha value is -4.78. The summed E-state index contributed by atoms with van der Waals surface area (Å²) in [6, 6.07) is 14.6. The van der Waals surface area contributed by atoms with Gasteiger partial charge in [-0.25, -0.2) is 10.2 Å². The molecule has 0 spiro atoms. The van der Waals surface area contributed by atoms with Crippen LogP contribution in [0.1, 0.15) is 37.5 Å². The summed E-state index contributed by atoms with van der Waals surface area (Å²) in [5.41, 5.74) is 2.86. The maximum Gasteiger partial charge on any atom is 0.337 e. The van der Waals surface area contributed by atoms with Crippen LogP contribution in [0.15, 0.2) is 58.4 Å². The number of amides is 1. The molecular weight excluding hydrogens is 426 g/mol. The second-order valence-corrected chi connectivity index (χ2v) is 6.69. The van der Waals surface area contributed by atoms with Gasteiger partial charge in [-0.15, -0.1) is 0 Å². The number of rotatable bonds is 6. The summed E-state index contributed by atoms with van der Waals surface area (Å²) < 4.78 is 10.7. The molecule has 1 heterocycles. The molecular formula is C23H19N5O5. The number of nitriles is 1. The molecule has 10 nitrogen and oxygen atoms in total. The first-order valence-electron chi connectivity index (χ1n) is 9.59. The predicted molar refractivity (Wildman–Crippen MR) is 119 cm³/mol. The molecule has 3 rings (SSSR count). The summed E-state index contributed by atoms with van der Waals surface area (Å²) in [7, 11) is 2.80. The van der Waals surface area contributed by atoms with Crippen molar-refractivity contribution in [2.45, 2.75) is 6.92 Å². The number of nitrogens with one attached hydrogen (secondary N) is 1. The number of esters is 1. The zero-order chi connectivity index (χ0) is 24.0. The fourth-order valence-corrected chi connectivity index (χ4v) is 2.89. The third kappa shape index (κ3) is 4.94. The van der Waals surface area contributed by atoms with Crippen molar-refractivity contribution in [1.82, 2.24) is 15.2 Å². The molecule has 0 saturated heterocycles. The average Bonchev–Trinajstić information content (AvgIpc) is 2.84.